The first-order chi connectivity index (χ1) is 8.31. The molecule has 0 saturated carbocycles. The Labute approximate surface area is 108 Å². The molecule has 4 heteroatoms. The monoisotopic (exact) mass is 254 g/mol. The predicted octanol–water partition coefficient (Wildman–Crippen LogP) is 2.92. The largest absolute Gasteiger partial charge is 0.381 e. The lowest BCUT2D eigenvalue weighted by atomic mass is 9.90. The summed E-state index contributed by atoms with van der Waals surface area (Å²) in [6.07, 6.45) is 3.47. The second-order valence-corrected chi connectivity index (χ2v) is 5.74. The van der Waals surface area contributed by atoms with Crippen molar-refractivity contribution in [2.24, 2.45) is 5.92 Å². The fraction of sp³-hybridized carbons (Fsp3) is 0.769. The SMILES string of the molecule is CCCNC(c1csc(C)n1)C1CCOCC1. The minimum absolute atomic E-state index is 0.420. The van der Waals surface area contributed by atoms with Crippen LogP contribution in [0.25, 0.3) is 0 Å². The maximum absolute atomic E-state index is 5.45. The van der Waals surface area contributed by atoms with E-state index in [1.165, 1.54) is 12.1 Å². The molecule has 1 aromatic rings. The maximum atomic E-state index is 5.45. The molecule has 0 bridgehead atoms. The van der Waals surface area contributed by atoms with Crippen LogP contribution in [0.4, 0.5) is 0 Å². The molecule has 1 aliphatic rings. The molecule has 1 saturated heterocycles. The summed E-state index contributed by atoms with van der Waals surface area (Å²) in [5.74, 6) is 0.678. The second-order valence-electron chi connectivity index (χ2n) is 4.67. The Morgan fingerprint density at radius 3 is 2.88 bits per heavy atom. The fourth-order valence-electron chi connectivity index (χ4n) is 2.38. The lowest BCUT2D eigenvalue weighted by Gasteiger charge is -2.30. The summed E-state index contributed by atoms with van der Waals surface area (Å²) in [5.41, 5.74) is 1.23. The molecule has 1 N–H and O–H groups in total. The molecule has 3 nitrogen and oxygen atoms in total. The van der Waals surface area contributed by atoms with Gasteiger partial charge < -0.3 is 10.1 Å². The van der Waals surface area contributed by atoms with E-state index in [1.807, 2.05) is 0 Å². The van der Waals surface area contributed by atoms with Crippen molar-refractivity contribution in [3.05, 3.63) is 16.1 Å². The van der Waals surface area contributed by atoms with E-state index in [2.05, 4.69) is 29.5 Å². The number of nitrogens with zero attached hydrogens (tertiary/aromatic N) is 1. The topological polar surface area (TPSA) is 34.2 Å². The number of nitrogens with one attached hydrogen (secondary N) is 1. The minimum atomic E-state index is 0.420. The Balaban J connectivity index is 2.06. The first-order valence-electron chi connectivity index (χ1n) is 6.54. The average Bonchev–Trinajstić information content (AvgIpc) is 2.78. The molecule has 1 aliphatic heterocycles. The van der Waals surface area contributed by atoms with Gasteiger partial charge in [0.1, 0.15) is 0 Å². The van der Waals surface area contributed by atoms with Gasteiger partial charge in [0.2, 0.25) is 0 Å². The van der Waals surface area contributed by atoms with Gasteiger partial charge in [0.15, 0.2) is 0 Å². The average molecular weight is 254 g/mol. The summed E-state index contributed by atoms with van der Waals surface area (Å²) in [5, 5.41) is 7.03. The Kier molecular flexibility index (Phi) is 4.95. The third-order valence-electron chi connectivity index (χ3n) is 3.31. The molecular formula is C13H22N2OS. The van der Waals surface area contributed by atoms with E-state index in [1.54, 1.807) is 11.3 Å². The van der Waals surface area contributed by atoms with Gasteiger partial charge in [-0.3, -0.25) is 0 Å². The molecule has 1 atom stereocenters. The summed E-state index contributed by atoms with van der Waals surface area (Å²) in [6, 6.07) is 0.420. The van der Waals surface area contributed by atoms with E-state index >= 15 is 0 Å². The van der Waals surface area contributed by atoms with E-state index < -0.39 is 0 Å². The Morgan fingerprint density at radius 2 is 2.29 bits per heavy atom. The highest BCUT2D eigenvalue weighted by Gasteiger charge is 2.26. The molecule has 0 spiro atoms. The van der Waals surface area contributed by atoms with E-state index in [9.17, 15) is 0 Å². The smallest absolute Gasteiger partial charge is 0.0898 e. The van der Waals surface area contributed by atoms with E-state index in [0.29, 0.717) is 12.0 Å². The Hall–Kier alpha value is -0.450. The number of thiazole rings is 1. The van der Waals surface area contributed by atoms with Crippen LogP contribution in [0, 0.1) is 12.8 Å². The number of aromatic nitrogens is 1. The number of hydrogen-bond donors (Lipinski definition) is 1. The van der Waals surface area contributed by atoms with Crippen LogP contribution in [0.15, 0.2) is 5.38 Å². The Morgan fingerprint density at radius 1 is 1.53 bits per heavy atom. The first-order valence-corrected chi connectivity index (χ1v) is 7.42. The zero-order valence-corrected chi connectivity index (χ0v) is 11.6. The predicted molar refractivity (Wildman–Crippen MR) is 71.4 cm³/mol. The third kappa shape index (κ3) is 3.50. The van der Waals surface area contributed by atoms with Crippen LogP contribution < -0.4 is 5.32 Å². The van der Waals surface area contributed by atoms with Gasteiger partial charge in [-0.25, -0.2) is 4.98 Å². The second kappa shape index (κ2) is 6.47. The van der Waals surface area contributed by atoms with Crippen LogP contribution in [0.5, 0.6) is 0 Å². The molecule has 1 fully saturated rings. The number of hydrogen-bond acceptors (Lipinski definition) is 4. The van der Waals surface area contributed by atoms with E-state index in [-0.39, 0.29) is 0 Å². The quantitative estimate of drug-likeness (QED) is 0.877. The number of aryl methyl sites for hydroxylation is 1. The molecular weight excluding hydrogens is 232 g/mol. The van der Waals surface area contributed by atoms with Gasteiger partial charge in [0, 0.05) is 18.6 Å². The zero-order chi connectivity index (χ0) is 12.1. The van der Waals surface area contributed by atoms with Crippen molar-refractivity contribution in [3.63, 3.8) is 0 Å². The molecule has 0 radical (unpaired) electrons. The van der Waals surface area contributed by atoms with Crippen LogP contribution in [0.2, 0.25) is 0 Å². The Bertz CT molecular complexity index is 334. The van der Waals surface area contributed by atoms with Gasteiger partial charge in [0.25, 0.3) is 0 Å². The summed E-state index contributed by atoms with van der Waals surface area (Å²) in [6.45, 7) is 7.16. The highest BCUT2D eigenvalue weighted by molar-refractivity contribution is 7.09. The van der Waals surface area contributed by atoms with Gasteiger partial charge >= 0.3 is 0 Å². The number of ether oxygens (including phenoxy) is 1. The lowest BCUT2D eigenvalue weighted by Crippen LogP contribution is -2.32. The molecule has 0 amide bonds. The van der Waals surface area contributed by atoms with Crippen LogP contribution in [0.3, 0.4) is 0 Å². The standard InChI is InChI=1S/C13H22N2OS/c1-3-6-14-13(11-4-7-16-8-5-11)12-9-17-10(2)15-12/h9,11,13-14H,3-8H2,1-2H3. The van der Waals surface area contributed by atoms with Gasteiger partial charge in [-0.2, -0.15) is 0 Å². The minimum Gasteiger partial charge on any atom is -0.381 e. The maximum Gasteiger partial charge on any atom is 0.0898 e. The molecule has 17 heavy (non-hydrogen) atoms. The molecule has 2 heterocycles. The molecule has 96 valence electrons. The normalized spacial score (nSPS) is 19.4. The molecule has 1 aromatic heterocycles. The lowest BCUT2D eigenvalue weighted by molar-refractivity contribution is 0.0531. The van der Waals surface area contributed by atoms with Crippen molar-refractivity contribution in [2.45, 2.75) is 39.2 Å². The molecule has 0 aromatic carbocycles. The van der Waals surface area contributed by atoms with Crippen molar-refractivity contribution >= 4 is 11.3 Å². The summed E-state index contributed by atoms with van der Waals surface area (Å²) >= 11 is 1.75. The fourth-order valence-corrected chi connectivity index (χ4v) is 3.03. The molecule has 1 unspecified atom stereocenters. The van der Waals surface area contributed by atoms with E-state index in [4.69, 9.17) is 4.74 Å². The van der Waals surface area contributed by atoms with Crippen LogP contribution in [-0.2, 0) is 4.74 Å². The van der Waals surface area contributed by atoms with Crippen molar-refractivity contribution < 1.29 is 4.74 Å². The van der Waals surface area contributed by atoms with Crippen molar-refractivity contribution in [1.29, 1.82) is 0 Å². The van der Waals surface area contributed by atoms with Gasteiger partial charge in [-0.05, 0) is 38.6 Å². The van der Waals surface area contributed by atoms with Crippen LogP contribution >= 0.6 is 11.3 Å². The van der Waals surface area contributed by atoms with Crippen LogP contribution in [-0.4, -0.2) is 24.7 Å². The van der Waals surface area contributed by atoms with Crippen LogP contribution in [0.1, 0.15) is 42.9 Å². The summed E-state index contributed by atoms with van der Waals surface area (Å²) < 4.78 is 5.45. The first kappa shape index (κ1) is 13.0. The van der Waals surface area contributed by atoms with Gasteiger partial charge in [-0.1, -0.05) is 6.92 Å². The molecule has 0 aliphatic carbocycles. The summed E-state index contributed by atoms with van der Waals surface area (Å²) in [4.78, 5) is 4.65. The van der Waals surface area contributed by atoms with Crippen molar-refractivity contribution in [3.8, 4) is 0 Å². The van der Waals surface area contributed by atoms with Crippen molar-refractivity contribution in [2.75, 3.05) is 19.8 Å². The zero-order valence-electron chi connectivity index (χ0n) is 10.7. The van der Waals surface area contributed by atoms with Gasteiger partial charge in [-0.15, -0.1) is 11.3 Å². The highest BCUT2D eigenvalue weighted by atomic mass is 32.1. The van der Waals surface area contributed by atoms with Gasteiger partial charge in [0.05, 0.1) is 16.7 Å². The van der Waals surface area contributed by atoms with Crippen molar-refractivity contribution in [1.82, 2.24) is 10.3 Å². The third-order valence-corrected chi connectivity index (χ3v) is 4.10. The highest BCUT2D eigenvalue weighted by Crippen LogP contribution is 2.30. The summed E-state index contributed by atoms with van der Waals surface area (Å²) in [7, 11) is 0. The molecule has 2 rings (SSSR count). The number of rotatable bonds is 5. The van der Waals surface area contributed by atoms with E-state index in [0.717, 1.165) is 37.6 Å².